The number of halogens is 1. The number of fused-ring (bicyclic) bond motifs is 1. The number of aliphatic hydroxyl groups is 2. The van der Waals surface area contributed by atoms with Gasteiger partial charge in [-0.3, -0.25) is 4.90 Å². The first-order chi connectivity index (χ1) is 13.6. The van der Waals surface area contributed by atoms with Crippen LogP contribution in [0.5, 0.6) is 5.75 Å². The van der Waals surface area contributed by atoms with Gasteiger partial charge in [0, 0.05) is 18.5 Å². The molecule has 0 aliphatic carbocycles. The summed E-state index contributed by atoms with van der Waals surface area (Å²) in [7, 11) is 0. The van der Waals surface area contributed by atoms with Crippen LogP contribution in [-0.4, -0.2) is 71.9 Å². The molecule has 1 saturated heterocycles. The third-order valence-electron chi connectivity index (χ3n) is 4.93. The van der Waals surface area contributed by atoms with Crippen molar-refractivity contribution in [3.63, 3.8) is 0 Å². The van der Waals surface area contributed by atoms with Gasteiger partial charge in [0.05, 0.1) is 18.6 Å². The summed E-state index contributed by atoms with van der Waals surface area (Å²) < 4.78 is 28.9. The Balaban J connectivity index is 1.49. The first-order valence-electron chi connectivity index (χ1n) is 9.11. The molecule has 9 heteroatoms. The molecule has 0 spiro atoms. The fourth-order valence-corrected chi connectivity index (χ4v) is 3.52. The van der Waals surface area contributed by atoms with E-state index in [1.54, 1.807) is 18.2 Å². The van der Waals surface area contributed by atoms with Gasteiger partial charge in [0.25, 0.3) is 0 Å². The topological polar surface area (TPSA) is 101 Å². The summed E-state index contributed by atoms with van der Waals surface area (Å²) in [6.45, 7) is -0.611. The zero-order valence-corrected chi connectivity index (χ0v) is 15.0. The van der Waals surface area contributed by atoms with Crippen molar-refractivity contribution < 1.29 is 33.6 Å². The number of aliphatic imine (C=N–C) groups is 1. The predicted octanol–water partition coefficient (Wildman–Crippen LogP) is 1.32. The molecule has 0 saturated carbocycles. The Hall–Kier alpha value is -2.49. The number of carbonyl (C=O) groups is 1. The molecule has 4 atom stereocenters. The molecular weight excluding hydrogens is 371 g/mol. The fourth-order valence-electron chi connectivity index (χ4n) is 3.52. The minimum atomic E-state index is -0.828. The van der Waals surface area contributed by atoms with E-state index < -0.39 is 31.1 Å². The fraction of sp³-hybridized carbons (Fsp3) is 0.474. The van der Waals surface area contributed by atoms with Gasteiger partial charge < -0.3 is 24.4 Å². The van der Waals surface area contributed by atoms with Gasteiger partial charge >= 0.3 is 6.03 Å². The number of ether oxygens (including phenoxy) is 3. The molecule has 0 radical (unpaired) electrons. The van der Waals surface area contributed by atoms with Gasteiger partial charge in [-0.15, -0.1) is 0 Å². The monoisotopic (exact) mass is 392 g/mol. The van der Waals surface area contributed by atoms with Gasteiger partial charge in [-0.2, -0.15) is 4.99 Å². The molecular formula is C19H21FN2O6. The molecule has 1 aromatic rings. The summed E-state index contributed by atoms with van der Waals surface area (Å²) in [6.07, 6.45) is -0.0892. The molecule has 150 valence electrons. The predicted molar refractivity (Wildman–Crippen MR) is 96.4 cm³/mol. The van der Waals surface area contributed by atoms with E-state index in [2.05, 4.69) is 4.99 Å². The van der Waals surface area contributed by atoms with E-state index in [4.69, 9.17) is 14.2 Å². The van der Waals surface area contributed by atoms with Crippen LogP contribution in [0.4, 0.5) is 9.18 Å². The number of carbonyl (C=O) groups excluding carboxylic acids is 1. The number of nitrogens with zero attached hydrogens (tertiary/aromatic N) is 2. The summed E-state index contributed by atoms with van der Waals surface area (Å²) in [5, 5.41) is 19.1. The van der Waals surface area contributed by atoms with Crippen LogP contribution in [0.1, 0.15) is 12.0 Å². The maximum atomic E-state index is 12.4. The molecule has 1 unspecified atom stereocenters. The molecule has 3 heterocycles. The van der Waals surface area contributed by atoms with Crippen molar-refractivity contribution in [3.8, 4) is 5.75 Å². The van der Waals surface area contributed by atoms with Crippen LogP contribution < -0.4 is 4.74 Å². The molecule has 4 rings (SSSR count). The molecule has 8 nitrogen and oxygen atoms in total. The standard InChI is InChI=1S/C19H21FN2O6/c20-4-5-26-13-3-1-2-11(6-13)15-7-12-9-22(19(25)21-18(12)28-15)17-8-14(24)16(10-23)27-17/h1-3,6-7,12,14,16-17,23-24H,4-5,8-10H2/t12?,14-,16+,17+/m0/s1. The number of aliphatic hydroxyl groups excluding tert-OH is 2. The summed E-state index contributed by atoms with van der Waals surface area (Å²) in [5.74, 6) is 1.14. The highest BCUT2D eigenvalue weighted by Crippen LogP contribution is 2.34. The third-order valence-corrected chi connectivity index (χ3v) is 4.93. The van der Waals surface area contributed by atoms with Crippen molar-refractivity contribution in [3.05, 3.63) is 35.9 Å². The first-order valence-corrected chi connectivity index (χ1v) is 9.11. The van der Waals surface area contributed by atoms with Crippen molar-refractivity contribution in [1.82, 2.24) is 4.90 Å². The number of urea groups is 1. The maximum Gasteiger partial charge on any atom is 0.348 e. The molecule has 1 fully saturated rings. The Morgan fingerprint density at radius 3 is 3.00 bits per heavy atom. The average molecular weight is 392 g/mol. The van der Waals surface area contributed by atoms with E-state index in [9.17, 15) is 19.4 Å². The van der Waals surface area contributed by atoms with E-state index in [1.165, 1.54) is 4.90 Å². The van der Waals surface area contributed by atoms with Crippen molar-refractivity contribution in [2.45, 2.75) is 24.9 Å². The minimum absolute atomic E-state index is 0.0236. The van der Waals surface area contributed by atoms with Gasteiger partial charge in [0.2, 0.25) is 5.90 Å². The van der Waals surface area contributed by atoms with E-state index in [0.29, 0.717) is 24.0 Å². The SMILES string of the molecule is O=C1N=C2OC(c3cccc(OCCF)c3)=CC2CN1[C@H]1C[C@H](O)[C@@H](CO)O1. The second-order valence-corrected chi connectivity index (χ2v) is 6.80. The second-order valence-electron chi connectivity index (χ2n) is 6.80. The van der Waals surface area contributed by atoms with E-state index in [0.717, 1.165) is 5.56 Å². The number of amides is 2. The van der Waals surface area contributed by atoms with Crippen LogP contribution in [0.3, 0.4) is 0 Å². The lowest BCUT2D eigenvalue weighted by Crippen LogP contribution is -2.46. The number of benzene rings is 1. The highest BCUT2D eigenvalue weighted by molar-refractivity contribution is 6.00. The Morgan fingerprint density at radius 1 is 1.39 bits per heavy atom. The molecule has 0 aromatic heterocycles. The molecule has 2 amide bonds. The van der Waals surface area contributed by atoms with Crippen molar-refractivity contribution >= 4 is 17.7 Å². The van der Waals surface area contributed by atoms with Crippen LogP contribution >= 0.6 is 0 Å². The lowest BCUT2D eigenvalue weighted by atomic mass is 10.1. The summed E-state index contributed by atoms with van der Waals surface area (Å²) >= 11 is 0. The van der Waals surface area contributed by atoms with E-state index in [-0.39, 0.29) is 25.6 Å². The summed E-state index contributed by atoms with van der Waals surface area (Å²) in [4.78, 5) is 17.9. The van der Waals surface area contributed by atoms with Crippen LogP contribution in [0.2, 0.25) is 0 Å². The lowest BCUT2D eigenvalue weighted by Gasteiger charge is -2.31. The Kier molecular flexibility index (Phi) is 5.29. The van der Waals surface area contributed by atoms with Crippen LogP contribution in [0, 0.1) is 5.92 Å². The molecule has 3 aliphatic rings. The van der Waals surface area contributed by atoms with Crippen molar-refractivity contribution in [2.24, 2.45) is 10.9 Å². The van der Waals surface area contributed by atoms with Gasteiger partial charge in [-0.1, -0.05) is 12.1 Å². The molecule has 2 N–H and O–H groups in total. The third kappa shape index (κ3) is 3.60. The van der Waals surface area contributed by atoms with Gasteiger partial charge in [0.15, 0.2) is 0 Å². The highest BCUT2D eigenvalue weighted by atomic mass is 19.1. The quantitative estimate of drug-likeness (QED) is 0.758. The average Bonchev–Trinajstić information content (AvgIpc) is 3.28. The molecule has 3 aliphatic heterocycles. The normalized spacial score (nSPS) is 29.2. The number of hydrogen-bond donors (Lipinski definition) is 2. The summed E-state index contributed by atoms with van der Waals surface area (Å²) in [6, 6.07) is 6.56. The maximum absolute atomic E-state index is 12.4. The van der Waals surface area contributed by atoms with Gasteiger partial charge in [-0.05, 0) is 18.2 Å². The largest absolute Gasteiger partial charge is 0.491 e. The second kappa shape index (κ2) is 7.86. The Bertz CT molecular complexity index is 813. The first kappa shape index (κ1) is 18.9. The van der Waals surface area contributed by atoms with E-state index in [1.807, 2.05) is 12.1 Å². The Labute approximate surface area is 160 Å². The molecule has 0 bridgehead atoms. The van der Waals surface area contributed by atoms with Gasteiger partial charge in [-0.25, -0.2) is 9.18 Å². The zero-order chi connectivity index (χ0) is 19.7. The minimum Gasteiger partial charge on any atom is -0.491 e. The Morgan fingerprint density at radius 2 is 2.25 bits per heavy atom. The summed E-state index contributed by atoms with van der Waals surface area (Å²) in [5.41, 5.74) is 0.736. The highest BCUT2D eigenvalue weighted by Gasteiger charge is 2.43. The van der Waals surface area contributed by atoms with Crippen molar-refractivity contribution in [2.75, 3.05) is 26.4 Å². The smallest absolute Gasteiger partial charge is 0.348 e. The molecule has 1 aromatic carbocycles. The van der Waals surface area contributed by atoms with Crippen molar-refractivity contribution in [1.29, 1.82) is 0 Å². The van der Waals surface area contributed by atoms with E-state index >= 15 is 0 Å². The van der Waals surface area contributed by atoms with Crippen LogP contribution in [-0.2, 0) is 9.47 Å². The number of rotatable bonds is 6. The van der Waals surface area contributed by atoms with Crippen LogP contribution in [0.25, 0.3) is 5.76 Å². The number of hydrogen-bond acceptors (Lipinski definition) is 6. The molecule has 28 heavy (non-hydrogen) atoms. The van der Waals surface area contributed by atoms with Crippen LogP contribution in [0.15, 0.2) is 35.3 Å². The number of alkyl halides is 1. The zero-order valence-electron chi connectivity index (χ0n) is 15.0. The lowest BCUT2D eigenvalue weighted by molar-refractivity contribution is -0.0647. The van der Waals surface area contributed by atoms with Gasteiger partial charge in [0.1, 0.15) is 37.1 Å².